The van der Waals surface area contributed by atoms with Gasteiger partial charge >= 0.3 is 5.69 Å². The van der Waals surface area contributed by atoms with Crippen LogP contribution in [0.15, 0.2) is 12.3 Å². The number of nitrogens with one attached hydrogen (secondary N) is 1. The minimum absolute atomic E-state index is 0.0364. The quantitative estimate of drug-likeness (QED) is 0.352. The minimum atomic E-state index is -0.439. The van der Waals surface area contributed by atoms with Gasteiger partial charge in [-0.25, -0.2) is 4.98 Å². The van der Waals surface area contributed by atoms with Gasteiger partial charge in [0, 0.05) is 18.7 Å². The van der Waals surface area contributed by atoms with Gasteiger partial charge < -0.3 is 10.1 Å². The van der Waals surface area contributed by atoms with Crippen molar-refractivity contribution in [3.05, 3.63) is 27.5 Å². The second-order valence-corrected chi connectivity index (χ2v) is 6.01. The fourth-order valence-electron chi connectivity index (χ4n) is 2.67. The van der Waals surface area contributed by atoms with E-state index in [1.54, 1.807) is 0 Å². The van der Waals surface area contributed by atoms with Crippen LogP contribution in [0.3, 0.4) is 0 Å². The highest BCUT2D eigenvalue weighted by Gasteiger charge is 2.24. The van der Waals surface area contributed by atoms with Gasteiger partial charge in [-0.15, -0.1) is 0 Å². The van der Waals surface area contributed by atoms with Gasteiger partial charge in [0.25, 0.3) is 0 Å². The lowest BCUT2D eigenvalue weighted by atomic mass is 9.92. The third kappa shape index (κ3) is 4.81. The first-order valence-corrected chi connectivity index (χ1v) is 8.16. The lowest BCUT2D eigenvalue weighted by Crippen LogP contribution is -2.30. The number of rotatable bonds is 7. The second-order valence-electron chi connectivity index (χ2n) is 5.62. The number of hydrogen-bond acceptors (Lipinski definition) is 5. The van der Waals surface area contributed by atoms with Crippen LogP contribution in [-0.4, -0.2) is 28.7 Å². The molecule has 1 aromatic rings. The molecule has 0 saturated heterocycles. The molecule has 0 spiro atoms. The predicted octanol–water partition coefficient (Wildman–Crippen LogP) is 4.18. The smallest absolute Gasteiger partial charge is 0.310 e. The molecule has 2 rings (SSSR count). The lowest BCUT2D eigenvalue weighted by molar-refractivity contribution is -0.384. The summed E-state index contributed by atoms with van der Waals surface area (Å²) in [5.41, 5.74) is 0.408. The van der Waals surface area contributed by atoms with Crippen LogP contribution < -0.4 is 5.32 Å². The zero-order chi connectivity index (χ0) is 15.9. The van der Waals surface area contributed by atoms with Crippen LogP contribution in [0.5, 0.6) is 0 Å². The van der Waals surface area contributed by atoms with Crippen LogP contribution in [-0.2, 0) is 4.74 Å². The number of anilines is 1. The van der Waals surface area contributed by atoms with Crippen molar-refractivity contribution in [2.45, 2.75) is 57.6 Å². The van der Waals surface area contributed by atoms with Crippen LogP contribution in [0, 0.1) is 10.1 Å². The molecule has 7 heteroatoms. The third-order valence-electron chi connectivity index (χ3n) is 3.93. The molecular formula is C15H22ClN3O3. The molecule has 1 saturated carbocycles. The van der Waals surface area contributed by atoms with Crippen molar-refractivity contribution in [3.63, 3.8) is 0 Å². The first-order chi connectivity index (χ1) is 10.6. The topological polar surface area (TPSA) is 77.3 Å². The van der Waals surface area contributed by atoms with E-state index >= 15 is 0 Å². The van der Waals surface area contributed by atoms with E-state index in [0.717, 1.165) is 45.1 Å². The monoisotopic (exact) mass is 327 g/mol. The van der Waals surface area contributed by atoms with Gasteiger partial charge in [-0.2, -0.15) is 0 Å². The second kappa shape index (κ2) is 8.29. The van der Waals surface area contributed by atoms with Crippen molar-refractivity contribution in [3.8, 4) is 0 Å². The fraction of sp³-hybridized carbons (Fsp3) is 0.667. The molecule has 1 aliphatic carbocycles. The van der Waals surface area contributed by atoms with Crippen molar-refractivity contribution in [1.29, 1.82) is 0 Å². The minimum Gasteiger partial charge on any atom is -0.378 e. The summed E-state index contributed by atoms with van der Waals surface area (Å²) in [5, 5.41) is 14.5. The summed E-state index contributed by atoms with van der Waals surface area (Å²) in [5.74, 6) is 0. The number of hydrogen-bond donors (Lipinski definition) is 1. The molecule has 0 atom stereocenters. The number of pyridine rings is 1. The van der Waals surface area contributed by atoms with Gasteiger partial charge in [0.2, 0.25) is 0 Å². The highest BCUT2D eigenvalue weighted by Crippen LogP contribution is 2.30. The Morgan fingerprint density at radius 1 is 1.45 bits per heavy atom. The average molecular weight is 328 g/mol. The Kier molecular flexibility index (Phi) is 6.39. The summed E-state index contributed by atoms with van der Waals surface area (Å²) >= 11 is 5.84. The zero-order valence-corrected chi connectivity index (χ0v) is 13.5. The summed E-state index contributed by atoms with van der Waals surface area (Å²) < 4.78 is 5.84. The van der Waals surface area contributed by atoms with Crippen molar-refractivity contribution in [2.24, 2.45) is 0 Å². The summed E-state index contributed by atoms with van der Waals surface area (Å²) in [6.07, 6.45) is 7.59. The van der Waals surface area contributed by atoms with Crippen molar-refractivity contribution < 1.29 is 9.66 Å². The molecular weight excluding hydrogens is 306 g/mol. The SMILES string of the molecule is CCCCOC1CCC(Nc2cc(Cl)ncc2[N+](=O)[O-])CC1. The van der Waals surface area contributed by atoms with E-state index in [0.29, 0.717) is 11.8 Å². The molecule has 1 aromatic heterocycles. The molecule has 0 unspecified atom stereocenters. The maximum atomic E-state index is 11.0. The van der Waals surface area contributed by atoms with Crippen molar-refractivity contribution >= 4 is 23.0 Å². The van der Waals surface area contributed by atoms with E-state index in [9.17, 15) is 10.1 Å². The number of aromatic nitrogens is 1. The first kappa shape index (κ1) is 17.0. The van der Waals surface area contributed by atoms with Crippen LogP contribution in [0.1, 0.15) is 45.4 Å². The molecule has 1 N–H and O–H groups in total. The summed E-state index contributed by atoms with van der Waals surface area (Å²) in [6, 6.07) is 1.73. The van der Waals surface area contributed by atoms with Gasteiger partial charge in [0.05, 0.1) is 11.0 Å². The fourth-order valence-corrected chi connectivity index (χ4v) is 2.83. The predicted molar refractivity (Wildman–Crippen MR) is 86.4 cm³/mol. The average Bonchev–Trinajstić information content (AvgIpc) is 2.49. The van der Waals surface area contributed by atoms with Gasteiger partial charge in [-0.1, -0.05) is 24.9 Å². The van der Waals surface area contributed by atoms with Gasteiger partial charge in [0.15, 0.2) is 0 Å². The van der Waals surface area contributed by atoms with Crippen LogP contribution in [0.4, 0.5) is 11.4 Å². The highest BCUT2D eigenvalue weighted by molar-refractivity contribution is 6.29. The number of nitrogens with zero attached hydrogens (tertiary/aromatic N) is 2. The standard InChI is InChI=1S/C15H22ClN3O3/c1-2-3-8-22-12-6-4-11(5-7-12)18-13-9-15(16)17-10-14(13)19(20)21/h9-12H,2-8H2,1H3,(H,17,18). The Labute approximate surface area is 135 Å². The van der Waals surface area contributed by atoms with Gasteiger partial charge in [-0.05, 0) is 32.1 Å². The molecule has 1 aliphatic rings. The summed E-state index contributed by atoms with van der Waals surface area (Å²) in [4.78, 5) is 14.4. The molecule has 122 valence electrons. The Morgan fingerprint density at radius 3 is 2.82 bits per heavy atom. The van der Waals surface area contributed by atoms with Crippen LogP contribution in [0.25, 0.3) is 0 Å². The number of unbranched alkanes of at least 4 members (excludes halogenated alkanes) is 1. The number of ether oxygens (including phenoxy) is 1. The highest BCUT2D eigenvalue weighted by atomic mass is 35.5. The summed E-state index contributed by atoms with van der Waals surface area (Å²) in [7, 11) is 0. The van der Waals surface area contributed by atoms with E-state index in [1.807, 2.05) is 0 Å². The largest absolute Gasteiger partial charge is 0.378 e. The lowest BCUT2D eigenvalue weighted by Gasteiger charge is -2.29. The molecule has 0 aromatic carbocycles. The molecule has 0 radical (unpaired) electrons. The van der Waals surface area contributed by atoms with E-state index in [2.05, 4.69) is 17.2 Å². The third-order valence-corrected chi connectivity index (χ3v) is 4.14. The Hall–Kier alpha value is -1.40. The van der Waals surface area contributed by atoms with E-state index in [-0.39, 0.29) is 16.9 Å². The Balaban J connectivity index is 1.88. The Morgan fingerprint density at radius 2 is 2.18 bits per heavy atom. The van der Waals surface area contributed by atoms with Crippen LogP contribution in [0.2, 0.25) is 5.15 Å². The maximum Gasteiger partial charge on any atom is 0.310 e. The molecule has 1 heterocycles. The van der Waals surface area contributed by atoms with Crippen molar-refractivity contribution in [2.75, 3.05) is 11.9 Å². The molecule has 22 heavy (non-hydrogen) atoms. The summed E-state index contributed by atoms with van der Waals surface area (Å²) in [6.45, 7) is 2.97. The Bertz CT molecular complexity index is 505. The van der Waals surface area contributed by atoms with E-state index in [1.165, 1.54) is 12.3 Å². The van der Waals surface area contributed by atoms with E-state index in [4.69, 9.17) is 16.3 Å². The molecule has 6 nitrogen and oxygen atoms in total. The van der Waals surface area contributed by atoms with Crippen LogP contribution >= 0.6 is 11.6 Å². The van der Waals surface area contributed by atoms with Crippen molar-refractivity contribution in [1.82, 2.24) is 4.98 Å². The normalized spacial score (nSPS) is 21.5. The number of halogens is 1. The van der Waals surface area contributed by atoms with E-state index < -0.39 is 4.92 Å². The van der Waals surface area contributed by atoms with Gasteiger partial charge in [0.1, 0.15) is 17.0 Å². The zero-order valence-electron chi connectivity index (χ0n) is 12.8. The molecule has 1 fully saturated rings. The molecule has 0 bridgehead atoms. The maximum absolute atomic E-state index is 11.0. The van der Waals surface area contributed by atoms with Gasteiger partial charge in [-0.3, -0.25) is 10.1 Å². The molecule has 0 amide bonds. The first-order valence-electron chi connectivity index (χ1n) is 7.78. The molecule has 0 aliphatic heterocycles. The number of nitro groups is 1.